The Kier molecular flexibility index (Phi) is 4.06. The van der Waals surface area contributed by atoms with Crippen LogP contribution >= 0.6 is 27.7 Å². The largest absolute Gasteiger partial charge is 0.496 e. The molecule has 1 aromatic rings. The van der Waals surface area contributed by atoms with Gasteiger partial charge in [-0.15, -0.1) is 0 Å². The molecule has 2 rings (SSSR count). The van der Waals surface area contributed by atoms with Crippen molar-refractivity contribution in [2.45, 2.75) is 0 Å². The molecule has 1 amide bonds. The maximum atomic E-state index is 11.9. The second-order valence-electron chi connectivity index (χ2n) is 3.34. The lowest BCUT2D eigenvalue weighted by atomic mass is 10.2. The second-order valence-corrected chi connectivity index (χ2v) is 5.28. The summed E-state index contributed by atoms with van der Waals surface area (Å²) in [5.74, 6) is 1.48. The summed E-state index contributed by atoms with van der Waals surface area (Å²) in [7, 11) is 1.59. The van der Waals surface area contributed by atoms with Gasteiger partial charge in [-0.25, -0.2) is 0 Å². The molecule has 0 radical (unpaired) electrons. The summed E-state index contributed by atoms with van der Waals surface area (Å²) in [5, 5.41) is 3.47. The molecule has 0 spiro atoms. The number of nitrogens with one attached hydrogen (secondary N) is 1. The lowest BCUT2D eigenvalue weighted by Crippen LogP contribution is -2.27. The summed E-state index contributed by atoms with van der Waals surface area (Å²) in [5.41, 5.74) is 0.577. The Morgan fingerprint density at radius 3 is 3.00 bits per heavy atom. The van der Waals surface area contributed by atoms with Crippen molar-refractivity contribution >= 4 is 38.8 Å². The molecule has 17 heavy (non-hydrogen) atoms. The monoisotopic (exact) mass is 314 g/mol. The summed E-state index contributed by atoms with van der Waals surface area (Å²) < 4.78 is 5.86. The number of ether oxygens (including phenoxy) is 1. The van der Waals surface area contributed by atoms with Gasteiger partial charge < -0.3 is 10.1 Å². The van der Waals surface area contributed by atoms with Crippen LogP contribution in [0.3, 0.4) is 0 Å². The molecule has 0 saturated heterocycles. The Balaban J connectivity index is 2.11. The van der Waals surface area contributed by atoms with Crippen LogP contribution in [0.5, 0.6) is 5.75 Å². The van der Waals surface area contributed by atoms with E-state index in [4.69, 9.17) is 4.74 Å². The minimum atomic E-state index is -0.151. The first kappa shape index (κ1) is 12.4. The zero-order chi connectivity index (χ0) is 12.3. The van der Waals surface area contributed by atoms with Crippen molar-refractivity contribution in [1.82, 2.24) is 5.32 Å². The zero-order valence-corrected chi connectivity index (χ0v) is 11.6. The van der Waals surface area contributed by atoms with Gasteiger partial charge in [0.05, 0.1) is 18.1 Å². The highest BCUT2D eigenvalue weighted by atomic mass is 79.9. The van der Waals surface area contributed by atoms with E-state index >= 15 is 0 Å². The van der Waals surface area contributed by atoms with E-state index in [0.717, 1.165) is 16.8 Å². The van der Waals surface area contributed by atoms with Gasteiger partial charge in [-0.1, -0.05) is 11.8 Å². The topological polar surface area (TPSA) is 50.7 Å². The number of amides is 1. The lowest BCUT2D eigenvalue weighted by molar-refractivity contribution is 0.0978. The smallest absolute Gasteiger partial charge is 0.257 e. The van der Waals surface area contributed by atoms with E-state index in [-0.39, 0.29) is 5.91 Å². The SMILES string of the molecule is COc1ccc(C(=O)NC2=NCCS2)cc1Br. The molecule has 90 valence electrons. The quantitative estimate of drug-likeness (QED) is 0.911. The molecule has 0 bridgehead atoms. The average molecular weight is 315 g/mol. The van der Waals surface area contributed by atoms with Gasteiger partial charge in [0.25, 0.3) is 5.91 Å². The normalized spacial score (nSPS) is 14.4. The molecule has 1 N–H and O–H groups in total. The maximum Gasteiger partial charge on any atom is 0.257 e. The van der Waals surface area contributed by atoms with Crippen molar-refractivity contribution in [1.29, 1.82) is 0 Å². The van der Waals surface area contributed by atoms with Crippen molar-refractivity contribution in [3.8, 4) is 5.75 Å². The van der Waals surface area contributed by atoms with E-state index in [1.807, 2.05) is 0 Å². The van der Waals surface area contributed by atoms with Gasteiger partial charge in [0.2, 0.25) is 0 Å². The van der Waals surface area contributed by atoms with Crippen LogP contribution in [0.25, 0.3) is 0 Å². The molecule has 0 fully saturated rings. The number of halogens is 1. The highest BCUT2D eigenvalue weighted by Crippen LogP contribution is 2.25. The number of benzene rings is 1. The Morgan fingerprint density at radius 2 is 2.41 bits per heavy atom. The maximum absolute atomic E-state index is 11.9. The molecule has 1 aromatic carbocycles. The third kappa shape index (κ3) is 3.01. The number of hydrogen-bond donors (Lipinski definition) is 1. The first-order chi connectivity index (χ1) is 8.20. The van der Waals surface area contributed by atoms with Crippen LogP contribution in [0, 0.1) is 0 Å². The van der Waals surface area contributed by atoms with Gasteiger partial charge >= 0.3 is 0 Å². The van der Waals surface area contributed by atoms with Crippen LogP contribution in [-0.2, 0) is 0 Å². The molecule has 1 aliphatic rings. The van der Waals surface area contributed by atoms with Crippen LogP contribution < -0.4 is 10.1 Å². The standard InChI is InChI=1S/C11H11BrN2O2S/c1-16-9-3-2-7(6-8(9)12)10(15)14-11-13-4-5-17-11/h2-3,6H,4-5H2,1H3,(H,13,14,15). The number of thioether (sulfide) groups is 1. The van der Waals surface area contributed by atoms with E-state index in [1.165, 1.54) is 0 Å². The fraction of sp³-hybridized carbons (Fsp3) is 0.273. The van der Waals surface area contributed by atoms with Crippen molar-refractivity contribution < 1.29 is 9.53 Å². The third-order valence-corrected chi connectivity index (χ3v) is 3.73. The zero-order valence-electron chi connectivity index (χ0n) is 9.20. The third-order valence-electron chi connectivity index (χ3n) is 2.22. The molecule has 0 unspecified atom stereocenters. The fourth-order valence-electron chi connectivity index (χ4n) is 1.39. The first-order valence-electron chi connectivity index (χ1n) is 5.03. The van der Waals surface area contributed by atoms with E-state index in [1.54, 1.807) is 37.1 Å². The molecule has 1 aliphatic heterocycles. The lowest BCUT2D eigenvalue weighted by Gasteiger charge is -2.07. The summed E-state index contributed by atoms with van der Waals surface area (Å²) >= 11 is 4.91. The molecular formula is C11H11BrN2O2S. The first-order valence-corrected chi connectivity index (χ1v) is 6.80. The van der Waals surface area contributed by atoms with Crippen molar-refractivity contribution in [3.63, 3.8) is 0 Å². The van der Waals surface area contributed by atoms with E-state index in [9.17, 15) is 4.79 Å². The number of methoxy groups -OCH3 is 1. The second kappa shape index (κ2) is 5.55. The van der Waals surface area contributed by atoms with Crippen molar-refractivity contribution in [2.24, 2.45) is 4.99 Å². The van der Waals surface area contributed by atoms with Gasteiger partial charge in [-0.3, -0.25) is 9.79 Å². The van der Waals surface area contributed by atoms with Gasteiger partial charge in [0.1, 0.15) is 5.75 Å². The molecule has 6 heteroatoms. The minimum Gasteiger partial charge on any atom is -0.496 e. The predicted molar refractivity (Wildman–Crippen MR) is 72.9 cm³/mol. The van der Waals surface area contributed by atoms with Gasteiger partial charge in [0, 0.05) is 11.3 Å². The molecule has 0 saturated carbocycles. The molecule has 0 atom stereocenters. The highest BCUT2D eigenvalue weighted by molar-refractivity contribution is 9.10. The number of aliphatic imine (C=N–C) groups is 1. The summed E-state index contributed by atoms with van der Waals surface area (Å²) in [6, 6.07) is 5.20. The Labute approximate surface area is 112 Å². The highest BCUT2D eigenvalue weighted by Gasteiger charge is 2.13. The Hall–Kier alpha value is -1.01. The number of amidine groups is 1. The van der Waals surface area contributed by atoms with E-state index < -0.39 is 0 Å². The van der Waals surface area contributed by atoms with Crippen molar-refractivity contribution in [2.75, 3.05) is 19.4 Å². The van der Waals surface area contributed by atoms with Crippen LogP contribution in [0.15, 0.2) is 27.7 Å². The van der Waals surface area contributed by atoms with E-state index in [2.05, 4.69) is 26.2 Å². The number of hydrogen-bond acceptors (Lipinski definition) is 4. The average Bonchev–Trinajstić information content (AvgIpc) is 2.81. The van der Waals surface area contributed by atoms with E-state index in [0.29, 0.717) is 16.5 Å². The fourth-order valence-corrected chi connectivity index (χ4v) is 2.65. The predicted octanol–water partition coefficient (Wildman–Crippen LogP) is 2.29. The Morgan fingerprint density at radius 1 is 1.59 bits per heavy atom. The number of carbonyl (C=O) groups is 1. The van der Waals surface area contributed by atoms with Crippen LogP contribution in [0.2, 0.25) is 0 Å². The number of carbonyl (C=O) groups excluding carboxylic acids is 1. The van der Waals surface area contributed by atoms with Gasteiger partial charge in [-0.2, -0.15) is 0 Å². The molecule has 1 heterocycles. The summed E-state index contributed by atoms with van der Waals surface area (Å²) in [6.07, 6.45) is 0. The van der Waals surface area contributed by atoms with Crippen LogP contribution in [0.1, 0.15) is 10.4 Å². The summed E-state index contributed by atoms with van der Waals surface area (Å²) in [6.45, 7) is 0.770. The van der Waals surface area contributed by atoms with Crippen LogP contribution in [0.4, 0.5) is 0 Å². The molecule has 4 nitrogen and oxygen atoms in total. The van der Waals surface area contributed by atoms with Crippen molar-refractivity contribution in [3.05, 3.63) is 28.2 Å². The molecular weight excluding hydrogens is 304 g/mol. The van der Waals surface area contributed by atoms with Gasteiger partial charge in [0.15, 0.2) is 5.17 Å². The summed E-state index contributed by atoms with van der Waals surface area (Å²) in [4.78, 5) is 16.1. The van der Waals surface area contributed by atoms with Crippen LogP contribution in [-0.4, -0.2) is 30.5 Å². The Bertz CT molecular complexity index is 477. The minimum absolute atomic E-state index is 0.151. The van der Waals surface area contributed by atoms with Gasteiger partial charge in [-0.05, 0) is 34.1 Å². The molecule has 0 aliphatic carbocycles. The number of nitrogens with zero attached hydrogens (tertiary/aromatic N) is 1. The molecule has 0 aromatic heterocycles. The number of rotatable bonds is 2.